The summed E-state index contributed by atoms with van der Waals surface area (Å²) < 4.78 is 7.36. The van der Waals surface area contributed by atoms with Gasteiger partial charge in [-0.2, -0.15) is 0 Å². The average molecular weight is 337 g/mol. The Labute approximate surface area is 147 Å². The molecule has 25 heavy (non-hydrogen) atoms. The van der Waals surface area contributed by atoms with Crippen LogP contribution in [0.3, 0.4) is 0 Å². The number of benzene rings is 2. The Hall–Kier alpha value is -2.82. The van der Waals surface area contributed by atoms with Crippen LogP contribution in [0.2, 0.25) is 0 Å². The highest BCUT2D eigenvalue weighted by Gasteiger charge is 2.12. The number of rotatable bonds is 5. The molecule has 0 saturated carbocycles. The number of fused-ring (bicyclic) bond motifs is 1. The largest absolute Gasteiger partial charge is 0.494 e. The Morgan fingerprint density at radius 2 is 1.80 bits per heavy atom. The van der Waals surface area contributed by atoms with Gasteiger partial charge in [-0.25, -0.2) is 4.98 Å². The van der Waals surface area contributed by atoms with Crippen molar-refractivity contribution in [2.75, 3.05) is 11.9 Å². The number of nitrogens with zero attached hydrogens (tertiary/aromatic N) is 2. The molecule has 130 valence electrons. The number of amides is 1. The van der Waals surface area contributed by atoms with Crippen molar-refractivity contribution in [2.24, 2.45) is 0 Å². The van der Waals surface area contributed by atoms with Gasteiger partial charge in [0.25, 0.3) is 0 Å². The Morgan fingerprint density at radius 3 is 2.48 bits per heavy atom. The molecular formula is C20H23N3O2. The van der Waals surface area contributed by atoms with Gasteiger partial charge in [0, 0.05) is 5.69 Å². The molecule has 0 spiro atoms. The smallest absolute Gasteiger partial charge is 0.244 e. The lowest BCUT2D eigenvalue weighted by molar-refractivity contribution is -0.116. The maximum absolute atomic E-state index is 12.4. The maximum atomic E-state index is 12.4. The molecule has 0 atom stereocenters. The summed E-state index contributed by atoms with van der Waals surface area (Å²) in [7, 11) is 0. The Balaban J connectivity index is 1.77. The first kappa shape index (κ1) is 17.0. The molecule has 5 nitrogen and oxygen atoms in total. The third-order valence-electron chi connectivity index (χ3n) is 4.31. The molecule has 0 fully saturated rings. The van der Waals surface area contributed by atoms with Crippen LogP contribution in [0.25, 0.3) is 11.0 Å². The van der Waals surface area contributed by atoms with Crippen molar-refractivity contribution in [3.05, 3.63) is 53.3 Å². The zero-order valence-electron chi connectivity index (χ0n) is 15.1. The van der Waals surface area contributed by atoms with Crippen LogP contribution in [-0.2, 0) is 11.3 Å². The highest BCUT2D eigenvalue weighted by molar-refractivity contribution is 5.92. The third kappa shape index (κ3) is 3.65. The van der Waals surface area contributed by atoms with Gasteiger partial charge in [0.1, 0.15) is 18.1 Å². The average Bonchev–Trinajstić information content (AvgIpc) is 2.85. The molecule has 0 bridgehead atoms. The Morgan fingerprint density at radius 1 is 1.12 bits per heavy atom. The summed E-state index contributed by atoms with van der Waals surface area (Å²) in [6.07, 6.45) is 0. The first-order valence-corrected chi connectivity index (χ1v) is 8.44. The number of imidazole rings is 1. The van der Waals surface area contributed by atoms with Crippen molar-refractivity contribution in [2.45, 2.75) is 34.2 Å². The van der Waals surface area contributed by atoms with Crippen LogP contribution in [-0.4, -0.2) is 22.1 Å². The Bertz CT molecular complexity index is 911. The number of carbonyl (C=O) groups is 1. The lowest BCUT2D eigenvalue weighted by Crippen LogP contribution is -2.19. The van der Waals surface area contributed by atoms with E-state index in [0.29, 0.717) is 6.61 Å². The van der Waals surface area contributed by atoms with Crippen LogP contribution in [0.1, 0.15) is 23.9 Å². The topological polar surface area (TPSA) is 56.1 Å². The van der Waals surface area contributed by atoms with E-state index in [2.05, 4.69) is 36.3 Å². The van der Waals surface area contributed by atoms with E-state index in [1.54, 1.807) is 0 Å². The lowest BCUT2D eigenvalue weighted by Gasteiger charge is -2.10. The number of nitrogens with one attached hydrogen (secondary N) is 1. The summed E-state index contributed by atoms with van der Waals surface area (Å²) in [5.41, 5.74) is 5.07. The quantitative estimate of drug-likeness (QED) is 0.765. The van der Waals surface area contributed by atoms with Crippen LogP contribution in [0.5, 0.6) is 5.75 Å². The highest BCUT2D eigenvalue weighted by atomic mass is 16.5. The summed E-state index contributed by atoms with van der Waals surface area (Å²) in [4.78, 5) is 17.0. The van der Waals surface area contributed by atoms with E-state index in [1.807, 2.05) is 42.7 Å². The molecular weight excluding hydrogens is 314 g/mol. The van der Waals surface area contributed by atoms with Crippen molar-refractivity contribution in [3.63, 3.8) is 0 Å². The maximum Gasteiger partial charge on any atom is 0.244 e. The molecule has 0 saturated heterocycles. The van der Waals surface area contributed by atoms with E-state index in [4.69, 9.17) is 4.74 Å². The fourth-order valence-corrected chi connectivity index (χ4v) is 2.85. The Kier molecular flexibility index (Phi) is 4.74. The molecule has 3 aromatic rings. The van der Waals surface area contributed by atoms with Gasteiger partial charge in [0.2, 0.25) is 5.91 Å². The fourth-order valence-electron chi connectivity index (χ4n) is 2.85. The summed E-state index contributed by atoms with van der Waals surface area (Å²) in [5.74, 6) is 1.55. The van der Waals surface area contributed by atoms with E-state index >= 15 is 0 Å². The van der Waals surface area contributed by atoms with Crippen molar-refractivity contribution >= 4 is 22.6 Å². The molecule has 0 aliphatic rings. The van der Waals surface area contributed by atoms with Crippen molar-refractivity contribution in [1.82, 2.24) is 9.55 Å². The molecule has 0 unspecified atom stereocenters. The molecule has 3 rings (SSSR count). The number of anilines is 1. The molecule has 1 aromatic heterocycles. The van der Waals surface area contributed by atoms with E-state index in [0.717, 1.165) is 28.3 Å². The first-order chi connectivity index (χ1) is 12.0. The number of hydrogen-bond acceptors (Lipinski definition) is 3. The molecule has 1 N–H and O–H groups in total. The van der Waals surface area contributed by atoms with Crippen LogP contribution < -0.4 is 10.1 Å². The van der Waals surface area contributed by atoms with Gasteiger partial charge >= 0.3 is 0 Å². The normalized spacial score (nSPS) is 10.9. The second-order valence-electron chi connectivity index (χ2n) is 6.18. The van der Waals surface area contributed by atoms with Crippen molar-refractivity contribution in [1.29, 1.82) is 0 Å². The SMILES string of the molecule is CCOc1ccc(NC(=O)Cn2c(C)nc3cc(C)c(C)cc32)cc1. The monoisotopic (exact) mass is 337 g/mol. The second kappa shape index (κ2) is 6.97. The summed E-state index contributed by atoms with van der Waals surface area (Å²) in [5, 5.41) is 2.92. The van der Waals surface area contributed by atoms with Crippen molar-refractivity contribution in [3.8, 4) is 5.75 Å². The van der Waals surface area contributed by atoms with Gasteiger partial charge in [-0.1, -0.05) is 0 Å². The van der Waals surface area contributed by atoms with Gasteiger partial charge in [0.05, 0.1) is 17.6 Å². The summed E-state index contributed by atoms with van der Waals surface area (Å²) in [6.45, 7) is 8.87. The van der Waals surface area contributed by atoms with E-state index in [1.165, 1.54) is 11.1 Å². The minimum absolute atomic E-state index is 0.0789. The van der Waals surface area contributed by atoms with E-state index in [-0.39, 0.29) is 12.5 Å². The van der Waals surface area contributed by atoms with Gasteiger partial charge in [-0.3, -0.25) is 4.79 Å². The molecule has 2 aromatic carbocycles. The molecule has 1 heterocycles. The third-order valence-corrected chi connectivity index (χ3v) is 4.31. The van der Waals surface area contributed by atoms with Crippen LogP contribution in [0, 0.1) is 20.8 Å². The molecule has 5 heteroatoms. The standard InChI is InChI=1S/C20H23N3O2/c1-5-25-17-8-6-16(7-9-17)22-20(24)12-23-15(4)21-18-10-13(2)14(3)11-19(18)23/h6-11H,5,12H2,1-4H3,(H,22,24). The number of aromatic nitrogens is 2. The van der Waals surface area contributed by atoms with Gasteiger partial charge in [0.15, 0.2) is 0 Å². The summed E-state index contributed by atoms with van der Waals surface area (Å²) >= 11 is 0. The minimum atomic E-state index is -0.0789. The van der Waals surface area contributed by atoms with Gasteiger partial charge < -0.3 is 14.6 Å². The highest BCUT2D eigenvalue weighted by Crippen LogP contribution is 2.21. The number of ether oxygens (including phenoxy) is 1. The van der Waals surface area contributed by atoms with E-state index < -0.39 is 0 Å². The number of aryl methyl sites for hydroxylation is 3. The van der Waals surface area contributed by atoms with E-state index in [9.17, 15) is 4.79 Å². The zero-order valence-corrected chi connectivity index (χ0v) is 15.1. The first-order valence-electron chi connectivity index (χ1n) is 8.44. The van der Waals surface area contributed by atoms with Gasteiger partial charge in [-0.05, 0) is 75.2 Å². The zero-order chi connectivity index (χ0) is 18.0. The second-order valence-corrected chi connectivity index (χ2v) is 6.18. The van der Waals surface area contributed by atoms with Crippen LogP contribution >= 0.6 is 0 Å². The molecule has 0 radical (unpaired) electrons. The summed E-state index contributed by atoms with van der Waals surface area (Å²) in [6, 6.07) is 11.5. The van der Waals surface area contributed by atoms with Crippen molar-refractivity contribution < 1.29 is 9.53 Å². The fraction of sp³-hybridized carbons (Fsp3) is 0.300. The predicted molar refractivity (Wildman–Crippen MR) is 100 cm³/mol. The number of carbonyl (C=O) groups excluding carboxylic acids is 1. The molecule has 1 amide bonds. The lowest BCUT2D eigenvalue weighted by atomic mass is 10.1. The minimum Gasteiger partial charge on any atom is -0.494 e. The predicted octanol–water partition coefficient (Wildman–Crippen LogP) is 4.00. The van der Waals surface area contributed by atoms with Crippen LogP contribution in [0.15, 0.2) is 36.4 Å². The van der Waals surface area contributed by atoms with Crippen LogP contribution in [0.4, 0.5) is 5.69 Å². The molecule has 0 aliphatic heterocycles. The molecule has 0 aliphatic carbocycles. The number of hydrogen-bond donors (Lipinski definition) is 1. The van der Waals surface area contributed by atoms with Gasteiger partial charge in [-0.15, -0.1) is 0 Å².